The quantitative estimate of drug-likeness (QED) is 0.827. The van der Waals surface area contributed by atoms with Gasteiger partial charge in [0, 0.05) is 20.2 Å². The molecule has 1 N–H and O–H groups in total. The Bertz CT molecular complexity index is 520. The Labute approximate surface area is 134 Å². The Morgan fingerprint density at radius 3 is 2.86 bits per heavy atom. The van der Waals surface area contributed by atoms with Crippen molar-refractivity contribution in [3.8, 4) is 0 Å². The molecule has 1 atom stereocenters. The Morgan fingerprint density at radius 2 is 2.18 bits per heavy atom. The Balaban J connectivity index is 1.82. The molecule has 1 saturated heterocycles. The lowest BCUT2D eigenvalue weighted by atomic mass is 9.97. The summed E-state index contributed by atoms with van der Waals surface area (Å²) in [5.74, 6) is -0.243. The summed E-state index contributed by atoms with van der Waals surface area (Å²) in [5, 5.41) is 12.8. The van der Waals surface area contributed by atoms with E-state index in [9.17, 15) is 9.59 Å². The molecule has 0 saturated carbocycles. The number of aryl methyl sites for hydroxylation is 1. The molecule has 1 aromatic heterocycles. The number of amides is 2. The number of likely N-dealkylation sites (tertiary alicyclic amines) is 1. The van der Waals surface area contributed by atoms with Gasteiger partial charge in [0.25, 0.3) is 0 Å². The lowest BCUT2D eigenvalue weighted by Gasteiger charge is -2.31. The average molecular weight is 326 g/mol. The summed E-state index contributed by atoms with van der Waals surface area (Å²) in [6, 6.07) is 0. The van der Waals surface area contributed by atoms with Crippen LogP contribution in [0.25, 0.3) is 0 Å². The third kappa shape index (κ3) is 4.48. The van der Waals surface area contributed by atoms with Gasteiger partial charge in [-0.2, -0.15) is 0 Å². The zero-order valence-electron chi connectivity index (χ0n) is 13.0. The normalized spacial score (nSPS) is 18.3. The van der Waals surface area contributed by atoms with Crippen LogP contribution in [0.4, 0.5) is 0 Å². The zero-order chi connectivity index (χ0) is 15.9. The van der Waals surface area contributed by atoms with Crippen molar-refractivity contribution in [2.24, 2.45) is 5.92 Å². The van der Waals surface area contributed by atoms with Crippen LogP contribution in [0, 0.1) is 5.92 Å². The molecule has 8 heteroatoms. The van der Waals surface area contributed by atoms with Gasteiger partial charge in [-0.1, -0.05) is 18.3 Å². The van der Waals surface area contributed by atoms with Crippen LogP contribution < -0.4 is 5.32 Å². The van der Waals surface area contributed by atoms with Crippen LogP contribution in [0.2, 0.25) is 0 Å². The first-order valence-corrected chi connectivity index (χ1v) is 8.31. The molecule has 2 rings (SSSR count). The molecular formula is C14H22N4O3S. The van der Waals surface area contributed by atoms with Gasteiger partial charge in [0.05, 0.1) is 12.5 Å². The second-order valence-corrected chi connectivity index (χ2v) is 6.42. The molecule has 1 unspecified atom stereocenters. The van der Waals surface area contributed by atoms with E-state index in [-0.39, 0.29) is 24.3 Å². The van der Waals surface area contributed by atoms with E-state index in [4.69, 9.17) is 4.74 Å². The van der Waals surface area contributed by atoms with Crippen LogP contribution in [-0.4, -0.2) is 53.7 Å². The van der Waals surface area contributed by atoms with Crippen LogP contribution in [0.15, 0.2) is 0 Å². The first-order valence-electron chi connectivity index (χ1n) is 7.49. The number of rotatable bonds is 6. The third-order valence-electron chi connectivity index (χ3n) is 3.64. The van der Waals surface area contributed by atoms with Gasteiger partial charge in [-0.3, -0.25) is 9.59 Å². The molecule has 1 fully saturated rings. The summed E-state index contributed by atoms with van der Waals surface area (Å²) in [6.45, 7) is 3.65. The van der Waals surface area contributed by atoms with E-state index in [1.54, 1.807) is 4.90 Å². The summed E-state index contributed by atoms with van der Waals surface area (Å²) in [6.07, 6.45) is 2.50. The summed E-state index contributed by atoms with van der Waals surface area (Å²) in [5.41, 5.74) is 0. The number of methoxy groups -OCH3 is 1. The second kappa shape index (κ2) is 8.19. The molecule has 7 nitrogen and oxygen atoms in total. The molecule has 1 aliphatic heterocycles. The highest BCUT2D eigenvalue weighted by atomic mass is 32.1. The van der Waals surface area contributed by atoms with Crippen LogP contribution >= 0.6 is 11.3 Å². The predicted molar refractivity (Wildman–Crippen MR) is 82.3 cm³/mol. The van der Waals surface area contributed by atoms with Crippen molar-refractivity contribution in [3.63, 3.8) is 0 Å². The van der Waals surface area contributed by atoms with Gasteiger partial charge in [-0.25, -0.2) is 0 Å². The minimum atomic E-state index is -0.159. The fourth-order valence-electron chi connectivity index (χ4n) is 2.44. The summed E-state index contributed by atoms with van der Waals surface area (Å²) >= 11 is 1.52. The monoisotopic (exact) mass is 326 g/mol. The van der Waals surface area contributed by atoms with Crippen molar-refractivity contribution in [1.29, 1.82) is 0 Å². The van der Waals surface area contributed by atoms with Gasteiger partial charge in [-0.05, 0) is 19.3 Å². The van der Waals surface area contributed by atoms with E-state index in [2.05, 4.69) is 15.5 Å². The van der Waals surface area contributed by atoms with E-state index < -0.39 is 0 Å². The van der Waals surface area contributed by atoms with Crippen molar-refractivity contribution in [1.82, 2.24) is 20.4 Å². The van der Waals surface area contributed by atoms with Crippen molar-refractivity contribution in [2.75, 3.05) is 26.8 Å². The molecule has 0 spiro atoms. The predicted octanol–water partition coefficient (Wildman–Crippen LogP) is 0.602. The zero-order valence-corrected chi connectivity index (χ0v) is 13.8. The molecule has 1 aliphatic rings. The Hall–Kier alpha value is -1.54. The molecule has 0 aromatic carbocycles. The van der Waals surface area contributed by atoms with Crippen molar-refractivity contribution >= 4 is 23.2 Å². The minimum absolute atomic E-state index is 0.0248. The number of carbonyl (C=O) groups excluding carboxylic acids is 2. The highest BCUT2D eigenvalue weighted by molar-refractivity contribution is 7.11. The number of hydrogen-bond donors (Lipinski definition) is 1. The topological polar surface area (TPSA) is 84.4 Å². The lowest BCUT2D eigenvalue weighted by Crippen LogP contribution is -2.46. The molecule has 2 amide bonds. The van der Waals surface area contributed by atoms with E-state index in [0.717, 1.165) is 29.3 Å². The fourth-order valence-corrected chi connectivity index (χ4v) is 3.17. The summed E-state index contributed by atoms with van der Waals surface area (Å²) in [4.78, 5) is 25.8. The smallest absolute Gasteiger partial charge is 0.248 e. The van der Waals surface area contributed by atoms with Gasteiger partial charge in [0.1, 0.15) is 16.6 Å². The largest absolute Gasteiger partial charge is 0.375 e. The number of nitrogens with one attached hydrogen (secondary N) is 1. The van der Waals surface area contributed by atoms with Crippen LogP contribution in [0.5, 0.6) is 0 Å². The highest BCUT2D eigenvalue weighted by Crippen LogP contribution is 2.17. The Morgan fingerprint density at radius 1 is 1.41 bits per heavy atom. The van der Waals surface area contributed by atoms with E-state index >= 15 is 0 Å². The molecule has 22 heavy (non-hydrogen) atoms. The fraction of sp³-hybridized carbons (Fsp3) is 0.714. The standard InChI is InChI=1S/C14H22N4O3S/c1-3-11-16-17-12(22-11)7-15-14(20)10-5-4-6-18(8-10)13(19)9-21-2/h10H,3-9H2,1-2H3,(H,15,20). The highest BCUT2D eigenvalue weighted by Gasteiger charge is 2.28. The maximum absolute atomic E-state index is 12.2. The number of nitrogens with zero attached hydrogens (tertiary/aromatic N) is 3. The molecule has 0 bridgehead atoms. The Kier molecular flexibility index (Phi) is 6.26. The molecule has 0 aliphatic carbocycles. The number of piperidine rings is 1. The first kappa shape index (κ1) is 16.8. The van der Waals surface area contributed by atoms with Gasteiger partial charge in [0.2, 0.25) is 11.8 Å². The molecular weight excluding hydrogens is 304 g/mol. The summed E-state index contributed by atoms with van der Waals surface area (Å²) < 4.78 is 4.87. The molecule has 2 heterocycles. The van der Waals surface area contributed by atoms with Crippen LogP contribution in [-0.2, 0) is 27.3 Å². The van der Waals surface area contributed by atoms with Crippen molar-refractivity contribution < 1.29 is 14.3 Å². The van der Waals surface area contributed by atoms with Gasteiger partial charge < -0.3 is 15.0 Å². The van der Waals surface area contributed by atoms with E-state index in [0.29, 0.717) is 19.6 Å². The number of ether oxygens (including phenoxy) is 1. The maximum atomic E-state index is 12.2. The minimum Gasteiger partial charge on any atom is -0.375 e. The lowest BCUT2D eigenvalue weighted by molar-refractivity contribution is -0.139. The average Bonchev–Trinajstić information content (AvgIpc) is 3.01. The van der Waals surface area contributed by atoms with Crippen LogP contribution in [0.3, 0.4) is 0 Å². The van der Waals surface area contributed by atoms with Gasteiger partial charge in [-0.15, -0.1) is 10.2 Å². The molecule has 1 aromatic rings. The van der Waals surface area contributed by atoms with Crippen LogP contribution in [0.1, 0.15) is 29.8 Å². The van der Waals surface area contributed by atoms with Gasteiger partial charge in [0.15, 0.2) is 0 Å². The number of carbonyl (C=O) groups is 2. The second-order valence-electron chi connectivity index (χ2n) is 5.27. The first-order chi connectivity index (χ1) is 10.6. The third-order valence-corrected chi connectivity index (χ3v) is 4.71. The molecule has 122 valence electrons. The van der Waals surface area contributed by atoms with E-state index in [1.165, 1.54) is 18.4 Å². The summed E-state index contributed by atoms with van der Waals surface area (Å²) in [7, 11) is 1.50. The number of aromatic nitrogens is 2. The number of hydrogen-bond acceptors (Lipinski definition) is 6. The van der Waals surface area contributed by atoms with Crippen molar-refractivity contribution in [2.45, 2.75) is 32.7 Å². The maximum Gasteiger partial charge on any atom is 0.248 e. The SMILES string of the molecule is CCc1nnc(CNC(=O)C2CCCN(C(=O)COC)C2)s1. The van der Waals surface area contributed by atoms with Crippen molar-refractivity contribution in [3.05, 3.63) is 10.0 Å². The van der Waals surface area contributed by atoms with E-state index in [1.807, 2.05) is 6.92 Å². The van der Waals surface area contributed by atoms with Gasteiger partial charge >= 0.3 is 0 Å². The molecule has 0 radical (unpaired) electrons.